The molecular weight excluding hydrogens is 296 g/mol. The molecule has 112 valence electrons. The van der Waals surface area contributed by atoms with Gasteiger partial charge in [-0.1, -0.05) is 6.07 Å². The summed E-state index contributed by atoms with van der Waals surface area (Å²) in [4.78, 5) is 17.3. The molecule has 3 heterocycles. The lowest BCUT2D eigenvalue weighted by Gasteiger charge is -2.36. The molecule has 0 radical (unpaired) electrons. The third-order valence-electron chi connectivity index (χ3n) is 3.65. The van der Waals surface area contributed by atoms with Crippen LogP contribution in [0.4, 0.5) is 11.6 Å². The van der Waals surface area contributed by atoms with Gasteiger partial charge in [0.05, 0.1) is 0 Å². The van der Waals surface area contributed by atoms with E-state index in [1.165, 1.54) is 18.1 Å². The predicted octanol–water partition coefficient (Wildman–Crippen LogP) is 1.79. The minimum Gasteiger partial charge on any atom is -0.353 e. The molecule has 0 spiro atoms. The molecule has 2 aromatic heterocycles. The average molecular weight is 312 g/mol. The van der Waals surface area contributed by atoms with Crippen molar-refractivity contribution in [1.82, 2.24) is 15.0 Å². The molecule has 1 fully saturated rings. The summed E-state index contributed by atoms with van der Waals surface area (Å²) < 4.78 is 0. The first-order chi connectivity index (χ1) is 10.8. The Balaban J connectivity index is 1.76. The lowest BCUT2D eigenvalue weighted by atomic mass is 10.2. The molecular formula is C15H16N6S. The molecule has 1 aliphatic rings. The smallest absolute Gasteiger partial charge is 0.151 e. The zero-order valence-corrected chi connectivity index (χ0v) is 13.1. The van der Waals surface area contributed by atoms with Crippen LogP contribution in [0.15, 0.2) is 35.7 Å². The second-order valence-electron chi connectivity index (χ2n) is 4.86. The quantitative estimate of drug-likeness (QED) is 0.632. The summed E-state index contributed by atoms with van der Waals surface area (Å²) >= 11 is 1.47. The maximum absolute atomic E-state index is 9.40. The highest BCUT2D eigenvalue weighted by molar-refractivity contribution is 7.98. The number of piperazine rings is 1. The van der Waals surface area contributed by atoms with E-state index in [1.54, 1.807) is 0 Å². The van der Waals surface area contributed by atoms with E-state index in [9.17, 15) is 5.26 Å². The normalized spacial score (nSPS) is 14.7. The minimum atomic E-state index is 0.571. The maximum atomic E-state index is 9.40. The van der Waals surface area contributed by atoms with Crippen molar-refractivity contribution >= 4 is 23.4 Å². The van der Waals surface area contributed by atoms with E-state index in [1.807, 2.05) is 30.7 Å². The topological polar surface area (TPSA) is 68.9 Å². The number of aromatic nitrogens is 3. The molecule has 0 atom stereocenters. The molecule has 0 aliphatic carbocycles. The molecule has 0 aromatic carbocycles. The van der Waals surface area contributed by atoms with Crippen molar-refractivity contribution in [2.45, 2.75) is 5.03 Å². The summed E-state index contributed by atoms with van der Waals surface area (Å²) in [5.74, 6) is 1.73. The van der Waals surface area contributed by atoms with E-state index < -0.39 is 0 Å². The van der Waals surface area contributed by atoms with Crippen LogP contribution in [0.25, 0.3) is 0 Å². The first-order valence-corrected chi connectivity index (χ1v) is 8.26. The molecule has 0 saturated carbocycles. The Morgan fingerprint density at radius 3 is 2.50 bits per heavy atom. The van der Waals surface area contributed by atoms with Crippen LogP contribution in [0.2, 0.25) is 0 Å². The number of nitriles is 1. The van der Waals surface area contributed by atoms with Crippen LogP contribution in [-0.4, -0.2) is 47.4 Å². The van der Waals surface area contributed by atoms with E-state index >= 15 is 0 Å². The summed E-state index contributed by atoms with van der Waals surface area (Å²) in [6.45, 7) is 3.35. The largest absolute Gasteiger partial charge is 0.353 e. The zero-order valence-electron chi connectivity index (χ0n) is 12.3. The van der Waals surface area contributed by atoms with Crippen molar-refractivity contribution in [3.05, 3.63) is 36.3 Å². The number of thioether (sulfide) groups is 1. The Morgan fingerprint density at radius 1 is 1.09 bits per heavy atom. The highest BCUT2D eigenvalue weighted by atomic mass is 32.2. The Labute approximate surface area is 133 Å². The Morgan fingerprint density at radius 2 is 1.86 bits per heavy atom. The molecule has 0 N–H and O–H groups in total. The van der Waals surface area contributed by atoms with Gasteiger partial charge in [0, 0.05) is 32.4 Å². The Kier molecular flexibility index (Phi) is 4.39. The van der Waals surface area contributed by atoms with Gasteiger partial charge >= 0.3 is 0 Å². The van der Waals surface area contributed by atoms with Crippen molar-refractivity contribution in [3.8, 4) is 6.07 Å². The lowest BCUT2D eigenvalue weighted by Crippen LogP contribution is -2.47. The molecule has 6 nitrogen and oxygen atoms in total. The average Bonchev–Trinajstić information content (AvgIpc) is 2.62. The van der Waals surface area contributed by atoms with Gasteiger partial charge < -0.3 is 9.80 Å². The predicted molar refractivity (Wildman–Crippen MR) is 87.2 cm³/mol. The summed E-state index contributed by atoms with van der Waals surface area (Å²) in [6, 6.07) is 8.18. The van der Waals surface area contributed by atoms with Gasteiger partial charge in [-0.15, -0.1) is 11.8 Å². The van der Waals surface area contributed by atoms with Crippen LogP contribution in [0.5, 0.6) is 0 Å². The van der Waals surface area contributed by atoms with Gasteiger partial charge in [-0.25, -0.2) is 15.0 Å². The maximum Gasteiger partial charge on any atom is 0.151 e. The third kappa shape index (κ3) is 2.83. The van der Waals surface area contributed by atoms with Gasteiger partial charge in [-0.2, -0.15) is 5.26 Å². The van der Waals surface area contributed by atoms with Crippen molar-refractivity contribution < 1.29 is 0 Å². The van der Waals surface area contributed by atoms with Crippen molar-refractivity contribution in [3.63, 3.8) is 0 Å². The number of nitrogens with zero attached hydrogens (tertiary/aromatic N) is 6. The molecule has 0 amide bonds. The fraction of sp³-hybridized carbons (Fsp3) is 0.333. The van der Waals surface area contributed by atoms with Crippen molar-refractivity contribution in [2.75, 3.05) is 42.2 Å². The molecule has 22 heavy (non-hydrogen) atoms. The fourth-order valence-corrected chi connectivity index (χ4v) is 3.03. The van der Waals surface area contributed by atoms with Gasteiger partial charge in [0.25, 0.3) is 0 Å². The lowest BCUT2D eigenvalue weighted by molar-refractivity contribution is 0.639. The molecule has 1 aliphatic heterocycles. The second kappa shape index (κ2) is 6.62. The molecule has 1 saturated heterocycles. The number of anilines is 2. The number of hydrogen-bond donors (Lipinski definition) is 0. The van der Waals surface area contributed by atoms with E-state index in [0.717, 1.165) is 42.8 Å². The van der Waals surface area contributed by atoms with Crippen LogP contribution in [0, 0.1) is 11.3 Å². The Bertz CT molecular complexity index is 676. The van der Waals surface area contributed by atoms with Gasteiger partial charge in [-0.3, -0.25) is 0 Å². The van der Waals surface area contributed by atoms with Crippen LogP contribution < -0.4 is 9.80 Å². The second-order valence-corrected chi connectivity index (χ2v) is 5.65. The molecule has 0 unspecified atom stereocenters. The van der Waals surface area contributed by atoms with E-state index in [-0.39, 0.29) is 0 Å². The number of pyridine rings is 1. The summed E-state index contributed by atoms with van der Waals surface area (Å²) in [5, 5.41) is 10.1. The minimum absolute atomic E-state index is 0.571. The number of hydrogen-bond acceptors (Lipinski definition) is 7. The van der Waals surface area contributed by atoms with Crippen molar-refractivity contribution in [1.29, 1.82) is 5.26 Å². The molecule has 7 heteroatoms. The van der Waals surface area contributed by atoms with Crippen LogP contribution in [0.3, 0.4) is 0 Å². The highest BCUT2D eigenvalue weighted by Crippen LogP contribution is 2.26. The van der Waals surface area contributed by atoms with Crippen LogP contribution >= 0.6 is 11.8 Å². The SMILES string of the molecule is CSc1ncnc(N2CCN(c3ccccn3)CC2)c1C#N. The highest BCUT2D eigenvalue weighted by Gasteiger charge is 2.22. The van der Waals surface area contributed by atoms with Gasteiger partial charge in [0.2, 0.25) is 0 Å². The summed E-state index contributed by atoms with van der Waals surface area (Å²) in [5.41, 5.74) is 0.571. The van der Waals surface area contributed by atoms with Gasteiger partial charge in [-0.05, 0) is 18.4 Å². The van der Waals surface area contributed by atoms with E-state index in [0.29, 0.717) is 5.56 Å². The first-order valence-electron chi connectivity index (χ1n) is 7.03. The monoisotopic (exact) mass is 312 g/mol. The number of rotatable bonds is 3. The Hall–Kier alpha value is -2.33. The molecule has 2 aromatic rings. The van der Waals surface area contributed by atoms with Crippen LogP contribution in [0.1, 0.15) is 5.56 Å². The first kappa shape index (κ1) is 14.6. The fourth-order valence-electron chi connectivity index (χ4n) is 2.54. The standard InChI is InChI=1S/C15H16N6S/c1-22-15-12(10-16)14(18-11-19-15)21-8-6-20(7-9-21)13-4-2-3-5-17-13/h2-5,11H,6-9H2,1H3. The molecule has 0 bridgehead atoms. The third-order valence-corrected chi connectivity index (χ3v) is 4.35. The van der Waals surface area contributed by atoms with Gasteiger partial charge in [0.15, 0.2) is 5.82 Å². The van der Waals surface area contributed by atoms with E-state index in [4.69, 9.17) is 0 Å². The van der Waals surface area contributed by atoms with Gasteiger partial charge in [0.1, 0.15) is 28.8 Å². The van der Waals surface area contributed by atoms with Crippen molar-refractivity contribution in [2.24, 2.45) is 0 Å². The zero-order chi connectivity index (χ0) is 15.4. The van der Waals surface area contributed by atoms with Crippen LogP contribution in [-0.2, 0) is 0 Å². The summed E-state index contributed by atoms with van der Waals surface area (Å²) in [7, 11) is 0. The molecule has 3 rings (SSSR count). The van der Waals surface area contributed by atoms with E-state index in [2.05, 4.69) is 30.8 Å². The summed E-state index contributed by atoms with van der Waals surface area (Å²) in [6.07, 6.45) is 5.27.